The molecule has 0 unspecified atom stereocenters. The molecule has 1 radical (unpaired) electrons. The molecular formula is C21H19O. The van der Waals surface area contributed by atoms with Gasteiger partial charge in [0.05, 0.1) is 0 Å². The molecule has 109 valence electrons. The maximum absolute atomic E-state index is 5.87. The third-order valence-corrected chi connectivity index (χ3v) is 3.52. The first-order chi connectivity index (χ1) is 10.9. The van der Waals surface area contributed by atoms with Crippen LogP contribution in [0.15, 0.2) is 84.9 Å². The van der Waals surface area contributed by atoms with E-state index < -0.39 is 0 Å². The van der Waals surface area contributed by atoms with Gasteiger partial charge in [-0.1, -0.05) is 72.8 Å². The van der Waals surface area contributed by atoms with Crippen LogP contribution in [0.2, 0.25) is 0 Å². The zero-order chi connectivity index (χ0) is 15.0. The van der Waals surface area contributed by atoms with E-state index in [2.05, 4.69) is 61.0 Å². The third kappa shape index (κ3) is 4.23. The molecule has 1 heteroatoms. The molecule has 3 rings (SSSR count). The minimum absolute atomic E-state index is 0.604. The van der Waals surface area contributed by atoms with Gasteiger partial charge >= 0.3 is 0 Å². The molecule has 0 atom stereocenters. The zero-order valence-electron chi connectivity index (χ0n) is 12.5. The fourth-order valence-electron chi connectivity index (χ4n) is 2.33. The Morgan fingerprint density at radius 2 is 1.36 bits per heavy atom. The second-order valence-corrected chi connectivity index (χ2v) is 5.24. The summed E-state index contributed by atoms with van der Waals surface area (Å²) in [5, 5.41) is 0. The minimum atomic E-state index is 0.604. The quantitative estimate of drug-likeness (QED) is 0.615. The summed E-state index contributed by atoms with van der Waals surface area (Å²) < 4.78 is 5.87. The van der Waals surface area contributed by atoms with E-state index in [9.17, 15) is 0 Å². The lowest BCUT2D eigenvalue weighted by molar-refractivity contribution is 0.306. The van der Waals surface area contributed by atoms with Crippen LogP contribution in [0, 0.1) is 6.42 Å². The molecule has 0 aromatic heterocycles. The van der Waals surface area contributed by atoms with Gasteiger partial charge in [-0.25, -0.2) is 0 Å². The largest absolute Gasteiger partial charge is 0.489 e. The molecule has 0 aliphatic rings. The second-order valence-electron chi connectivity index (χ2n) is 5.24. The molecule has 0 saturated heterocycles. The second kappa shape index (κ2) is 7.46. The van der Waals surface area contributed by atoms with Crippen molar-refractivity contribution in [3.63, 3.8) is 0 Å². The Bertz CT molecular complexity index is 631. The molecule has 0 N–H and O–H groups in total. The monoisotopic (exact) mass is 287 g/mol. The van der Waals surface area contributed by atoms with Crippen LogP contribution >= 0.6 is 0 Å². The van der Waals surface area contributed by atoms with Crippen molar-refractivity contribution in [1.29, 1.82) is 0 Å². The molecule has 0 fully saturated rings. The van der Waals surface area contributed by atoms with E-state index in [0.717, 1.165) is 12.2 Å². The number of rotatable bonds is 6. The lowest BCUT2D eigenvalue weighted by Crippen LogP contribution is -1.96. The van der Waals surface area contributed by atoms with Crippen molar-refractivity contribution in [2.75, 3.05) is 0 Å². The first kappa shape index (κ1) is 14.4. The Morgan fingerprint density at radius 3 is 2.14 bits per heavy atom. The molecular weight excluding hydrogens is 268 g/mol. The van der Waals surface area contributed by atoms with Crippen molar-refractivity contribution < 1.29 is 4.74 Å². The van der Waals surface area contributed by atoms with E-state index in [1.807, 2.05) is 30.3 Å². The molecule has 3 aromatic rings. The molecule has 1 nitrogen and oxygen atoms in total. The molecule has 3 aromatic carbocycles. The number of hydrogen-bond acceptors (Lipinski definition) is 1. The molecule has 0 aliphatic heterocycles. The van der Waals surface area contributed by atoms with E-state index in [1.165, 1.54) is 16.7 Å². The average Bonchev–Trinajstić information content (AvgIpc) is 2.60. The summed E-state index contributed by atoms with van der Waals surface area (Å²) in [4.78, 5) is 0. The number of hydrogen-bond donors (Lipinski definition) is 0. The lowest BCUT2D eigenvalue weighted by atomic mass is 10.0. The van der Waals surface area contributed by atoms with Gasteiger partial charge < -0.3 is 4.74 Å². The molecule has 0 bridgehead atoms. The highest BCUT2D eigenvalue weighted by Gasteiger charge is 2.00. The van der Waals surface area contributed by atoms with Crippen LogP contribution in [0.3, 0.4) is 0 Å². The van der Waals surface area contributed by atoms with E-state index in [-0.39, 0.29) is 0 Å². The normalized spacial score (nSPS) is 10.4. The maximum atomic E-state index is 5.87. The average molecular weight is 287 g/mol. The topological polar surface area (TPSA) is 9.23 Å². The standard InChI is InChI=1S/C21H19O/c1-3-8-18(9-4-1)14-15-19-12-7-13-21(16-19)22-17-20-10-5-2-6-11-20/h1-14,16H,15,17H2. The van der Waals surface area contributed by atoms with Crippen molar-refractivity contribution in [3.8, 4) is 5.75 Å². The smallest absolute Gasteiger partial charge is 0.120 e. The zero-order valence-corrected chi connectivity index (χ0v) is 12.5. The third-order valence-electron chi connectivity index (χ3n) is 3.52. The maximum Gasteiger partial charge on any atom is 0.120 e. The summed E-state index contributed by atoms with van der Waals surface area (Å²) in [6.45, 7) is 0.604. The summed E-state index contributed by atoms with van der Waals surface area (Å²) in [7, 11) is 0. The Kier molecular flexibility index (Phi) is 4.88. The van der Waals surface area contributed by atoms with Crippen LogP contribution < -0.4 is 4.74 Å². The predicted octanol–water partition coefficient (Wildman–Crippen LogP) is 5.06. The van der Waals surface area contributed by atoms with Crippen LogP contribution in [0.4, 0.5) is 0 Å². The van der Waals surface area contributed by atoms with Crippen LogP contribution in [0.25, 0.3) is 0 Å². The Morgan fingerprint density at radius 1 is 0.682 bits per heavy atom. The van der Waals surface area contributed by atoms with Gasteiger partial charge in [0, 0.05) is 0 Å². The first-order valence-electron chi connectivity index (χ1n) is 7.54. The molecule has 0 amide bonds. The highest BCUT2D eigenvalue weighted by Crippen LogP contribution is 2.17. The molecule has 0 saturated carbocycles. The fourth-order valence-corrected chi connectivity index (χ4v) is 2.33. The van der Waals surface area contributed by atoms with E-state index in [1.54, 1.807) is 0 Å². The van der Waals surface area contributed by atoms with Gasteiger partial charge in [0.25, 0.3) is 0 Å². The van der Waals surface area contributed by atoms with E-state index in [4.69, 9.17) is 4.74 Å². The van der Waals surface area contributed by atoms with Crippen LogP contribution in [0.1, 0.15) is 16.7 Å². The summed E-state index contributed by atoms with van der Waals surface area (Å²) in [6, 6.07) is 28.9. The molecule has 0 aliphatic carbocycles. The summed E-state index contributed by atoms with van der Waals surface area (Å²) >= 11 is 0. The molecule has 0 heterocycles. The van der Waals surface area contributed by atoms with Crippen LogP contribution in [-0.2, 0) is 13.0 Å². The van der Waals surface area contributed by atoms with Crippen molar-refractivity contribution in [2.45, 2.75) is 13.0 Å². The van der Waals surface area contributed by atoms with Crippen molar-refractivity contribution >= 4 is 0 Å². The SMILES string of the molecule is [CH](Cc1cccc(OCc2ccccc2)c1)c1ccccc1. The Hall–Kier alpha value is -2.54. The first-order valence-corrected chi connectivity index (χ1v) is 7.54. The van der Waals surface area contributed by atoms with Gasteiger partial charge in [0.15, 0.2) is 0 Å². The number of benzene rings is 3. The van der Waals surface area contributed by atoms with E-state index >= 15 is 0 Å². The van der Waals surface area contributed by atoms with Crippen molar-refractivity contribution in [2.24, 2.45) is 0 Å². The van der Waals surface area contributed by atoms with Gasteiger partial charge in [-0.2, -0.15) is 0 Å². The van der Waals surface area contributed by atoms with Crippen molar-refractivity contribution in [1.82, 2.24) is 0 Å². The van der Waals surface area contributed by atoms with Gasteiger partial charge in [0.2, 0.25) is 0 Å². The van der Waals surface area contributed by atoms with Gasteiger partial charge in [-0.05, 0) is 41.7 Å². The fraction of sp³-hybridized carbons (Fsp3) is 0.0952. The number of ether oxygens (including phenoxy) is 1. The summed E-state index contributed by atoms with van der Waals surface area (Å²) in [6.07, 6.45) is 3.14. The minimum Gasteiger partial charge on any atom is -0.489 e. The van der Waals surface area contributed by atoms with Crippen LogP contribution in [-0.4, -0.2) is 0 Å². The predicted molar refractivity (Wildman–Crippen MR) is 90.8 cm³/mol. The Balaban J connectivity index is 1.58. The van der Waals surface area contributed by atoms with Gasteiger partial charge in [-0.15, -0.1) is 0 Å². The van der Waals surface area contributed by atoms with Gasteiger partial charge in [-0.3, -0.25) is 0 Å². The van der Waals surface area contributed by atoms with Crippen LogP contribution in [0.5, 0.6) is 5.75 Å². The summed E-state index contributed by atoms with van der Waals surface area (Å²) in [5.74, 6) is 0.919. The molecule has 0 spiro atoms. The Labute approximate surface area is 132 Å². The highest BCUT2D eigenvalue weighted by molar-refractivity contribution is 5.32. The van der Waals surface area contributed by atoms with E-state index in [0.29, 0.717) is 6.61 Å². The summed E-state index contributed by atoms with van der Waals surface area (Å²) in [5.41, 5.74) is 3.69. The lowest BCUT2D eigenvalue weighted by Gasteiger charge is -2.08. The molecule has 22 heavy (non-hydrogen) atoms. The van der Waals surface area contributed by atoms with Crippen molar-refractivity contribution in [3.05, 3.63) is 108 Å². The van der Waals surface area contributed by atoms with Gasteiger partial charge in [0.1, 0.15) is 12.4 Å². The highest BCUT2D eigenvalue weighted by atomic mass is 16.5.